The number of carboxylic acid groups (broad SMARTS) is 1. The molecule has 96 valence electrons. The number of H-pyrrole nitrogens is 1. The van der Waals surface area contributed by atoms with Crippen molar-refractivity contribution in [3.05, 3.63) is 52.4 Å². The summed E-state index contributed by atoms with van der Waals surface area (Å²) in [4.78, 5) is 10.8. The molecule has 0 amide bonds. The molecule has 0 saturated heterocycles. The number of aromatic amines is 1. The van der Waals surface area contributed by atoms with Crippen LogP contribution >= 0.6 is 15.9 Å². The third kappa shape index (κ3) is 2.26. The molecule has 1 aromatic carbocycles. The Bertz CT molecular complexity index is 760. The van der Waals surface area contributed by atoms with Gasteiger partial charge in [-0.25, -0.2) is 4.79 Å². The van der Waals surface area contributed by atoms with Crippen LogP contribution < -0.4 is 0 Å². The van der Waals surface area contributed by atoms with Gasteiger partial charge in [0.2, 0.25) is 0 Å². The molecule has 0 fully saturated rings. The maximum atomic E-state index is 10.8. The van der Waals surface area contributed by atoms with Crippen LogP contribution in [0.5, 0.6) is 0 Å². The fourth-order valence-corrected chi connectivity index (χ4v) is 2.38. The molecule has 0 spiro atoms. The molecule has 0 radical (unpaired) electrons. The van der Waals surface area contributed by atoms with E-state index in [1.165, 1.54) is 0 Å². The summed E-state index contributed by atoms with van der Waals surface area (Å²) in [6, 6.07) is 9.63. The summed E-state index contributed by atoms with van der Waals surface area (Å²) >= 11 is 3.45. The van der Waals surface area contributed by atoms with E-state index in [0.717, 1.165) is 21.1 Å². The Morgan fingerprint density at radius 1 is 1.37 bits per heavy atom. The summed E-state index contributed by atoms with van der Waals surface area (Å²) in [6.07, 6.45) is 1.97. The van der Waals surface area contributed by atoms with Crippen LogP contribution in [0.25, 0.3) is 10.9 Å². The van der Waals surface area contributed by atoms with Crippen LogP contribution in [-0.4, -0.2) is 25.8 Å². The molecule has 2 N–H and O–H groups in total. The zero-order valence-electron chi connectivity index (χ0n) is 9.80. The molecule has 0 aliphatic carbocycles. The van der Waals surface area contributed by atoms with E-state index >= 15 is 0 Å². The summed E-state index contributed by atoms with van der Waals surface area (Å²) in [7, 11) is 0. The maximum Gasteiger partial charge on any atom is 0.356 e. The van der Waals surface area contributed by atoms with E-state index in [1.807, 2.05) is 35.0 Å². The number of rotatable bonds is 3. The highest BCUT2D eigenvalue weighted by molar-refractivity contribution is 9.10. The van der Waals surface area contributed by atoms with Crippen molar-refractivity contribution in [3.8, 4) is 0 Å². The van der Waals surface area contributed by atoms with E-state index in [-0.39, 0.29) is 5.69 Å². The number of carboxylic acids is 1. The average Bonchev–Trinajstić information content (AvgIpc) is 2.98. The van der Waals surface area contributed by atoms with Gasteiger partial charge < -0.3 is 9.67 Å². The van der Waals surface area contributed by atoms with E-state index in [4.69, 9.17) is 5.11 Å². The molecule has 5 nitrogen and oxygen atoms in total. The van der Waals surface area contributed by atoms with Crippen LogP contribution in [-0.2, 0) is 6.54 Å². The molecule has 19 heavy (non-hydrogen) atoms. The van der Waals surface area contributed by atoms with Crippen LogP contribution in [0.15, 0.2) is 41.0 Å². The SMILES string of the molecule is O=C(O)c1cc(Cn2ccc3ccc(Br)cc32)[nH]n1. The first kappa shape index (κ1) is 12.0. The quantitative estimate of drug-likeness (QED) is 0.779. The molecular formula is C13H10BrN3O2. The second-order valence-electron chi connectivity index (χ2n) is 4.23. The van der Waals surface area contributed by atoms with Gasteiger partial charge in [0, 0.05) is 16.2 Å². The molecule has 0 atom stereocenters. The summed E-state index contributed by atoms with van der Waals surface area (Å²) < 4.78 is 3.05. The van der Waals surface area contributed by atoms with Gasteiger partial charge in [0.25, 0.3) is 0 Å². The number of nitrogens with zero attached hydrogens (tertiary/aromatic N) is 2. The van der Waals surface area contributed by atoms with Gasteiger partial charge in [-0.3, -0.25) is 5.10 Å². The predicted molar refractivity (Wildman–Crippen MR) is 74.3 cm³/mol. The van der Waals surface area contributed by atoms with Crippen LogP contribution in [0.1, 0.15) is 16.2 Å². The lowest BCUT2D eigenvalue weighted by atomic mass is 10.2. The number of carbonyl (C=O) groups is 1. The Labute approximate surface area is 117 Å². The molecule has 3 rings (SSSR count). The zero-order valence-corrected chi connectivity index (χ0v) is 11.4. The zero-order chi connectivity index (χ0) is 13.4. The third-order valence-corrected chi connectivity index (χ3v) is 3.42. The Kier molecular flexibility index (Phi) is 2.87. The van der Waals surface area contributed by atoms with Crippen molar-refractivity contribution in [2.24, 2.45) is 0 Å². The molecule has 2 aromatic heterocycles. The predicted octanol–water partition coefficient (Wildman–Crippen LogP) is 2.87. The summed E-state index contributed by atoms with van der Waals surface area (Å²) in [5.74, 6) is -1.03. The summed E-state index contributed by atoms with van der Waals surface area (Å²) in [6.45, 7) is 0.556. The minimum atomic E-state index is -1.03. The number of hydrogen-bond donors (Lipinski definition) is 2. The van der Waals surface area contributed by atoms with Gasteiger partial charge in [-0.15, -0.1) is 0 Å². The van der Waals surface area contributed by atoms with Crippen molar-refractivity contribution in [2.45, 2.75) is 6.54 Å². The fourth-order valence-electron chi connectivity index (χ4n) is 2.03. The average molecular weight is 320 g/mol. The van der Waals surface area contributed by atoms with Crippen molar-refractivity contribution in [3.63, 3.8) is 0 Å². The molecule has 0 unspecified atom stereocenters. The minimum Gasteiger partial charge on any atom is -0.476 e. The van der Waals surface area contributed by atoms with E-state index in [2.05, 4.69) is 26.1 Å². The van der Waals surface area contributed by atoms with Gasteiger partial charge >= 0.3 is 5.97 Å². The van der Waals surface area contributed by atoms with Gasteiger partial charge in [0.05, 0.1) is 12.2 Å². The number of benzene rings is 1. The number of aromatic carboxylic acids is 1. The molecule has 6 heteroatoms. The molecule has 0 bridgehead atoms. The first-order valence-electron chi connectivity index (χ1n) is 5.65. The normalized spacial score (nSPS) is 11.0. The lowest BCUT2D eigenvalue weighted by molar-refractivity contribution is 0.0690. The highest BCUT2D eigenvalue weighted by atomic mass is 79.9. The summed E-state index contributed by atoms with van der Waals surface area (Å²) in [5.41, 5.74) is 1.88. The molecule has 0 aliphatic heterocycles. The van der Waals surface area contributed by atoms with Crippen LogP contribution in [0, 0.1) is 0 Å². The topological polar surface area (TPSA) is 70.9 Å². The second-order valence-corrected chi connectivity index (χ2v) is 5.15. The van der Waals surface area contributed by atoms with Crippen molar-refractivity contribution in [1.29, 1.82) is 0 Å². The van der Waals surface area contributed by atoms with Crippen molar-refractivity contribution in [2.75, 3.05) is 0 Å². The van der Waals surface area contributed by atoms with Crippen molar-refractivity contribution >= 4 is 32.8 Å². The second kappa shape index (κ2) is 4.55. The van der Waals surface area contributed by atoms with Crippen LogP contribution in [0.3, 0.4) is 0 Å². The smallest absolute Gasteiger partial charge is 0.356 e. The maximum absolute atomic E-state index is 10.8. The number of hydrogen-bond acceptors (Lipinski definition) is 2. The number of aromatic nitrogens is 3. The van der Waals surface area contributed by atoms with Gasteiger partial charge in [0.1, 0.15) is 0 Å². The highest BCUT2D eigenvalue weighted by Gasteiger charge is 2.09. The Morgan fingerprint density at radius 2 is 2.21 bits per heavy atom. The Balaban J connectivity index is 1.96. The highest BCUT2D eigenvalue weighted by Crippen LogP contribution is 2.21. The Morgan fingerprint density at radius 3 is 2.95 bits per heavy atom. The van der Waals surface area contributed by atoms with E-state index in [0.29, 0.717) is 6.54 Å². The number of nitrogens with one attached hydrogen (secondary N) is 1. The van der Waals surface area contributed by atoms with Crippen LogP contribution in [0.4, 0.5) is 0 Å². The number of halogens is 1. The van der Waals surface area contributed by atoms with E-state index in [1.54, 1.807) is 6.07 Å². The number of fused-ring (bicyclic) bond motifs is 1. The van der Waals surface area contributed by atoms with Gasteiger partial charge in [-0.1, -0.05) is 22.0 Å². The lowest BCUT2D eigenvalue weighted by Gasteiger charge is -2.03. The van der Waals surface area contributed by atoms with Crippen LogP contribution in [0.2, 0.25) is 0 Å². The van der Waals surface area contributed by atoms with Crippen molar-refractivity contribution in [1.82, 2.24) is 14.8 Å². The molecule has 2 heterocycles. The first-order valence-corrected chi connectivity index (χ1v) is 6.45. The van der Waals surface area contributed by atoms with Gasteiger partial charge in [-0.2, -0.15) is 5.10 Å². The largest absolute Gasteiger partial charge is 0.476 e. The van der Waals surface area contributed by atoms with Gasteiger partial charge in [-0.05, 0) is 29.7 Å². The monoisotopic (exact) mass is 319 g/mol. The van der Waals surface area contributed by atoms with Gasteiger partial charge in [0.15, 0.2) is 5.69 Å². The Hall–Kier alpha value is -2.08. The standard InChI is InChI=1S/C13H10BrN3O2/c14-9-2-1-8-3-4-17(12(8)5-9)7-10-6-11(13(18)19)16-15-10/h1-6H,7H2,(H,15,16)(H,18,19). The fraction of sp³-hybridized carbons (Fsp3) is 0.0769. The van der Waals surface area contributed by atoms with E-state index < -0.39 is 5.97 Å². The molecule has 3 aromatic rings. The molecule has 0 aliphatic rings. The minimum absolute atomic E-state index is 0.0349. The van der Waals surface area contributed by atoms with Crippen molar-refractivity contribution < 1.29 is 9.90 Å². The first-order chi connectivity index (χ1) is 9.13. The molecule has 0 saturated carbocycles. The third-order valence-electron chi connectivity index (χ3n) is 2.93. The molecular weight excluding hydrogens is 310 g/mol. The lowest BCUT2D eigenvalue weighted by Crippen LogP contribution is -1.98. The van der Waals surface area contributed by atoms with E-state index in [9.17, 15) is 4.79 Å². The summed E-state index contributed by atoms with van der Waals surface area (Å²) in [5, 5.41) is 16.5.